The van der Waals surface area contributed by atoms with Crippen molar-refractivity contribution in [3.63, 3.8) is 0 Å². The van der Waals surface area contributed by atoms with Gasteiger partial charge in [0.25, 0.3) is 0 Å². The first kappa shape index (κ1) is 23.4. The lowest BCUT2D eigenvalue weighted by molar-refractivity contribution is -0.132. The summed E-state index contributed by atoms with van der Waals surface area (Å²) in [5.74, 6) is 1.09. The average molecular weight is 500 g/mol. The average Bonchev–Trinajstić information content (AvgIpc) is 3.23. The molecule has 4 aliphatic rings. The van der Waals surface area contributed by atoms with Gasteiger partial charge >= 0.3 is 0 Å². The summed E-state index contributed by atoms with van der Waals surface area (Å²) in [6.45, 7) is 2.28. The number of fused-ring (bicyclic) bond motifs is 1. The highest BCUT2D eigenvalue weighted by molar-refractivity contribution is 5.92. The number of amides is 1. The molecular weight excluding hydrogens is 466 g/mol. The molecule has 5 atom stereocenters. The number of likely N-dealkylation sites (tertiary alicyclic amines) is 1. The fourth-order valence-electron chi connectivity index (χ4n) is 7.48. The van der Waals surface area contributed by atoms with Gasteiger partial charge in [-0.15, -0.1) is 0 Å². The van der Waals surface area contributed by atoms with E-state index in [1.54, 1.807) is 0 Å². The number of nitrogens with zero attached hydrogens (tertiary/aromatic N) is 2. The van der Waals surface area contributed by atoms with Crippen molar-refractivity contribution in [2.75, 3.05) is 6.54 Å². The van der Waals surface area contributed by atoms with E-state index >= 15 is 0 Å². The topological polar surface area (TPSA) is 44.7 Å². The highest BCUT2D eigenvalue weighted by atomic mass is 16.2. The van der Waals surface area contributed by atoms with Crippen molar-refractivity contribution < 1.29 is 4.79 Å². The summed E-state index contributed by atoms with van der Waals surface area (Å²) in [5, 5.41) is 5.87. The first-order valence-electron chi connectivity index (χ1n) is 13.8. The summed E-state index contributed by atoms with van der Waals surface area (Å²) < 4.78 is 0. The summed E-state index contributed by atoms with van der Waals surface area (Å²) in [7, 11) is 0. The quantitative estimate of drug-likeness (QED) is 0.357. The van der Waals surface area contributed by atoms with Gasteiger partial charge in [0, 0.05) is 37.8 Å². The van der Waals surface area contributed by atoms with E-state index in [1.807, 2.05) is 18.2 Å². The predicted octanol–water partition coefficient (Wildman–Crippen LogP) is 5.66. The fourth-order valence-corrected chi connectivity index (χ4v) is 7.48. The highest BCUT2D eigenvalue weighted by Gasteiger charge is 2.67. The van der Waals surface area contributed by atoms with Crippen molar-refractivity contribution in [2.45, 2.75) is 37.5 Å². The van der Waals surface area contributed by atoms with Crippen molar-refractivity contribution in [3.05, 3.63) is 120 Å². The molecule has 4 aromatic rings. The van der Waals surface area contributed by atoms with Crippen molar-refractivity contribution in [1.82, 2.24) is 10.2 Å². The normalized spacial score (nSPS) is 27.6. The minimum Gasteiger partial charge on any atom is -0.350 e. The van der Waals surface area contributed by atoms with Gasteiger partial charge in [-0.05, 0) is 52.1 Å². The Morgan fingerprint density at radius 3 is 2.39 bits per heavy atom. The third-order valence-electron chi connectivity index (χ3n) is 9.14. The van der Waals surface area contributed by atoms with Crippen molar-refractivity contribution >= 4 is 22.9 Å². The van der Waals surface area contributed by atoms with Gasteiger partial charge in [-0.2, -0.15) is 0 Å². The van der Waals surface area contributed by atoms with E-state index < -0.39 is 5.54 Å². The third-order valence-corrected chi connectivity index (χ3v) is 9.14. The van der Waals surface area contributed by atoms with Crippen LogP contribution < -0.4 is 5.32 Å². The lowest BCUT2D eigenvalue weighted by Gasteiger charge is -2.51. The molecule has 1 saturated carbocycles. The zero-order chi connectivity index (χ0) is 25.5. The number of rotatable bonds is 7. The number of carbonyl (C=O) groups is 1. The number of aliphatic imine (C=N–C) groups is 1. The van der Waals surface area contributed by atoms with Gasteiger partial charge in [-0.25, -0.2) is 0 Å². The second kappa shape index (κ2) is 9.52. The second-order valence-corrected chi connectivity index (χ2v) is 11.2. The Balaban J connectivity index is 1.25. The molecular formula is C34H33N3O. The summed E-state index contributed by atoms with van der Waals surface area (Å²) in [5.41, 5.74) is 3.06. The van der Waals surface area contributed by atoms with E-state index in [4.69, 9.17) is 4.99 Å². The lowest BCUT2D eigenvalue weighted by atomic mass is 9.59. The van der Waals surface area contributed by atoms with Crippen LogP contribution in [0.25, 0.3) is 10.8 Å². The molecule has 190 valence electrons. The summed E-state index contributed by atoms with van der Waals surface area (Å²) in [6.07, 6.45) is 4.13. The number of carbonyl (C=O) groups excluding carboxylic acids is 1. The van der Waals surface area contributed by atoms with Gasteiger partial charge in [-0.3, -0.25) is 14.7 Å². The molecule has 3 aliphatic heterocycles. The Morgan fingerprint density at radius 1 is 0.868 bits per heavy atom. The first-order chi connectivity index (χ1) is 18.7. The number of hydrogen-bond donors (Lipinski definition) is 1. The monoisotopic (exact) mass is 499 g/mol. The number of hydrogen-bond acceptors (Lipinski definition) is 3. The SMILES string of the molecule is O=C(NCc1ccccc1)[C@]12N=C[C@@H]3C[C@H]1CN(Cc1cccc4ccccc14)[C@H]2[C@@H]3Cc1ccccc1. The van der Waals surface area contributed by atoms with E-state index in [-0.39, 0.29) is 17.9 Å². The Bertz CT molecular complexity index is 1480. The molecule has 1 aliphatic carbocycles. The van der Waals surface area contributed by atoms with Crippen molar-refractivity contribution in [1.29, 1.82) is 0 Å². The minimum absolute atomic E-state index is 0.0752. The maximum atomic E-state index is 14.2. The molecule has 4 aromatic carbocycles. The zero-order valence-corrected chi connectivity index (χ0v) is 21.5. The Labute approximate surface area is 224 Å². The molecule has 0 radical (unpaired) electrons. The largest absolute Gasteiger partial charge is 0.350 e. The Kier molecular flexibility index (Phi) is 5.85. The minimum atomic E-state index is -0.729. The van der Waals surface area contributed by atoms with E-state index in [0.717, 1.165) is 31.5 Å². The van der Waals surface area contributed by atoms with E-state index in [1.165, 1.54) is 21.9 Å². The first-order valence-corrected chi connectivity index (χ1v) is 13.8. The molecule has 38 heavy (non-hydrogen) atoms. The van der Waals surface area contributed by atoms with Gasteiger partial charge < -0.3 is 5.32 Å². The van der Waals surface area contributed by atoms with Crippen molar-refractivity contribution in [3.8, 4) is 0 Å². The van der Waals surface area contributed by atoms with Gasteiger partial charge in [-0.1, -0.05) is 103 Å². The lowest BCUT2D eigenvalue weighted by Crippen LogP contribution is -2.65. The molecule has 4 heteroatoms. The maximum absolute atomic E-state index is 14.2. The van der Waals surface area contributed by atoms with Crippen LogP contribution in [0.3, 0.4) is 0 Å². The summed E-state index contributed by atoms with van der Waals surface area (Å²) in [6, 6.07) is 36.3. The van der Waals surface area contributed by atoms with Crippen LogP contribution in [-0.4, -0.2) is 35.1 Å². The molecule has 0 unspecified atom stereocenters. The maximum Gasteiger partial charge on any atom is 0.250 e. The molecule has 3 heterocycles. The second-order valence-electron chi connectivity index (χ2n) is 11.2. The van der Waals surface area contributed by atoms with Gasteiger partial charge in [0.15, 0.2) is 5.54 Å². The number of benzene rings is 4. The molecule has 1 saturated heterocycles. The Morgan fingerprint density at radius 2 is 1.58 bits per heavy atom. The Hall–Kier alpha value is -3.76. The molecule has 0 spiro atoms. The summed E-state index contributed by atoms with van der Waals surface area (Å²) in [4.78, 5) is 21.9. The summed E-state index contributed by atoms with van der Waals surface area (Å²) >= 11 is 0. The van der Waals surface area contributed by atoms with Crippen LogP contribution in [-0.2, 0) is 24.3 Å². The zero-order valence-electron chi connectivity index (χ0n) is 21.5. The highest BCUT2D eigenvalue weighted by Crippen LogP contribution is 2.55. The molecule has 1 amide bonds. The smallest absolute Gasteiger partial charge is 0.250 e. The molecule has 8 rings (SSSR count). The molecule has 2 fully saturated rings. The van der Waals surface area contributed by atoms with Crippen LogP contribution >= 0.6 is 0 Å². The van der Waals surface area contributed by atoms with E-state index in [9.17, 15) is 4.79 Å². The molecule has 4 bridgehead atoms. The van der Waals surface area contributed by atoms with E-state index in [0.29, 0.717) is 18.4 Å². The van der Waals surface area contributed by atoms with Crippen LogP contribution in [0.2, 0.25) is 0 Å². The third kappa shape index (κ3) is 3.86. The molecule has 0 aromatic heterocycles. The molecule has 4 nitrogen and oxygen atoms in total. The van der Waals surface area contributed by atoms with Crippen LogP contribution in [0.15, 0.2) is 108 Å². The molecule has 1 N–H and O–H groups in total. The van der Waals surface area contributed by atoms with Crippen LogP contribution in [0.5, 0.6) is 0 Å². The van der Waals surface area contributed by atoms with Gasteiger partial charge in [0.05, 0.1) is 0 Å². The fraction of sp³-hybridized carbons (Fsp3) is 0.294. The number of nitrogens with one attached hydrogen (secondary N) is 1. The standard InChI is InChI=1S/C34H33N3O/c38-33(35-20-25-12-5-2-6-13-25)34-29-19-28(21-36-34)31(18-24-10-3-1-4-11-24)32(34)37(23-29)22-27-16-9-15-26-14-7-8-17-30(26)27/h1-17,21,28-29,31-32H,18-20,22-23H2,(H,35,38)/t28-,29-,31+,32-,34-/m0/s1. The van der Waals surface area contributed by atoms with E-state index in [2.05, 4.69) is 101 Å². The van der Waals surface area contributed by atoms with Crippen LogP contribution in [0.1, 0.15) is 23.1 Å². The van der Waals surface area contributed by atoms with Gasteiger partial charge in [0.2, 0.25) is 5.91 Å². The van der Waals surface area contributed by atoms with Crippen LogP contribution in [0.4, 0.5) is 0 Å². The predicted molar refractivity (Wildman–Crippen MR) is 153 cm³/mol. The van der Waals surface area contributed by atoms with Crippen LogP contribution in [0, 0.1) is 17.8 Å². The van der Waals surface area contributed by atoms with Gasteiger partial charge in [0.1, 0.15) is 0 Å². The van der Waals surface area contributed by atoms with Crippen molar-refractivity contribution in [2.24, 2.45) is 22.7 Å².